The maximum absolute atomic E-state index is 14.4. The quantitative estimate of drug-likeness (QED) is 0.582. The van der Waals surface area contributed by atoms with Gasteiger partial charge in [0.25, 0.3) is 5.91 Å². The van der Waals surface area contributed by atoms with Crippen LogP contribution >= 0.6 is 22.9 Å². The molecule has 1 N–H and O–H groups in total. The van der Waals surface area contributed by atoms with E-state index in [0.29, 0.717) is 17.4 Å². The molecule has 0 fully saturated rings. The highest BCUT2D eigenvalue weighted by Gasteiger charge is 2.31. The molecule has 3 rings (SSSR count). The van der Waals surface area contributed by atoms with Gasteiger partial charge in [0.2, 0.25) is 0 Å². The highest BCUT2D eigenvalue weighted by atomic mass is 35.5. The zero-order valence-electron chi connectivity index (χ0n) is 14.5. The monoisotopic (exact) mass is 446 g/mol. The van der Waals surface area contributed by atoms with Gasteiger partial charge in [0.1, 0.15) is 6.04 Å². The molecular formula is C18H11ClF4N2O3S. The van der Waals surface area contributed by atoms with Crippen molar-refractivity contribution < 1.29 is 32.3 Å². The van der Waals surface area contributed by atoms with Crippen LogP contribution in [-0.4, -0.2) is 21.6 Å². The molecule has 0 aliphatic rings. The lowest BCUT2D eigenvalue weighted by atomic mass is 10.1. The number of hydrogen-bond donors (Lipinski definition) is 1. The fourth-order valence-electron chi connectivity index (χ4n) is 2.59. The van der Waals surface area contributed by atoms with E-state index in [4.69, 9.17) is 11.6 Å². The van der Waals surface area contributed by atoms with Gasteiger partial charge in [-0.3, -0.25) is 4.79 Å². The maximum Gasteiger partial charge on any atom is 0.416 e. The van der Waals surface area contributed by atoms with E-state index in [2.05, 4.69) is 4.99 Å². The first-order chi connectivity index (χ1) is 13.5. The lowest BCUT2D eigenvalue weighted by molar-refractivity contribution is -0.140. The molecule has 0 radical (unpaired) electrons. The van der Waals surface area contributed by atoms with Crippen LogP contribution in [-0.2, 0) is 11.0 Å². The van der Waals surface area contributed by atoms with E-state index >= 15 is 0 Å². The lowest BCUT2D eigenvalue weighted by Gasteiger charge is -2.10. The van der Waals surface area contributed by atoms with Gasteiger partial charge in [-0.15, -0.1) is 0 Å². The van der Waals surface area contributed by atoms with Gasteiger partial charge in [0.05, 0.1) is 20.8 Å². The number of carbonyl (C=O) groups excluding carboxylic acids is 1. The zero-order chi connectivity index (χ0) is 21.5. The molecule has 152 valence electrons. The number of carbonyl (C=O) groups is 2. The van der Waals surface area contributed by atoms with E-state index in [9.17, 15) is 32.3 Å². The summed E-state index contributed by atoms with van der Waals surface area (Å²) >= 11 is 6.43. The van der Waals surface area contributed by atoms with Gasteiger partial charge in [-0.1, -0.05) is 29.0 Å². The van der Waals surface area contributed by atoms with Gasteiger partial charge in [-0.2, -0.15) is 18.2 Å². The number of fused-ring (bicyclic) bond motifs is 1. The highest BCUT2D eigenvalue weighted by Crippen LogP contribution is 2.30. The molecule has 0 saturated carbocycles. The summed E-state index contributed by atoms with van der Waals surface area (Å²) in [6.07, 6.45) is -4.65. The number of alkyl halides is 3. The minimum Gasteiger partial charge on any atom is -0.480 e. The van der Waals surface area contributed by atoms with Crippen molar-refractivity contribution in [3.8, 4) is 0 Å². The second-order valence-corrected chi connectivity index (χ2v) is 7.36. The number of benzene rings is 2. The molecule has 0 aliphatic heterocycles. The Kier molecular flexibility index (Phi) is 5.50. The Balaban J connectivity index is 2.22. The Morgan fingerprint density at radius 2 is 1.93 bits per heavy atom. The van der Waals surface area contributed by atoms with Gasteiger partial charge < -0.3 is 9.67 Å². The van der Waals surface area contributed by atoms with Crippen molar-refractivity contribution in [2.24, 2.45) is 4.99 Å². The maximum atomic E-state index is 14.4. The average Bonchev–Trinajstić information content (AvgIpc) is 3.02. The van der Waals surface area contributed by atoms with Crippen LogP contribution in [0.15, 0.2) is 41.4 Å². The topological polar surface area (TPSA) is 71.7 Å². The molecule has 1 atom stereocenters. The molecule has 2 aromatic carbocycles. The molecule has 29 heavy (non-hydrogen) atoms. The van der Waals surface area contributed by atoms with E-state index in [-0.39, 0.29) is 25.6 Å². The fourth-order valence-corrected chi connectivity index (χ4v) is 3.94. The summed E-state index contributed by atoms with van der Waals surface area (Å²) < 4.78 is 54.1. The third-order valence-electron chi connectivity index (χ3n) is 4.07. The van der Waals surface area contributed by atoms with E-state index < -0.39 is 35.5 Å². The second kappa shape index (κ2) is 7.60. The zero-order valence-corrected chi connectivity index (χ0v) is 16.1. The normalized spacial score (nSPS) is 13.7. The van der Waals surface area contributed by atoms with E-state index in [1.54, 1.807) is 0 Å². The number of nitrogens with zero attached hydrogens (tertiary/aromatic N) is 2. The Bertz CT molecular complexity index is 1200. The van der Waals surface area contributed by atoms with Crippen LogP contribution in [0.1, 0.15) is 28.9 Å². The van der Waals surface area contributed by atoms with Crippen LogP contribution in [0.4, 0.5) is 17.6 Å². The van der Waals surface area contributed by atoms with Crippen molar-refractivity contribution in [1.29, 1.82) is 0 Å². The summed E-state index contributed by atoms with van der Waals surface area (Å²) in [4.78, 5) is 27.5. The molecule has 3 aromatic rings. The number of carboxylic acid groups (broad SMARTS) is 1. The molecular weight excluding hydrogens is 436 g/mol. The van der Waals surface area contributed by atoms with Crippen molar-refractivity contribution in [3.05, 3.63) is 63.2 Å². The summed E-state index contributed by atoms with van der Waals surface area (Å²) in [5.41, 5.74) is -1.23. The second-order valence-electron chi connectivity index (χ2n) is 5.97. The third-order valence-corrected chi connectivity index (χ3v) is 5.42. The molecule has 11 heteroatoms. The SMILES string of the molecule is CC(C(=O)O)n1/c(=N/C(=O)c2cccc(C(F)(F)F)c2)sc2c(F)c(Cl)ccc21. The molecule has 0 spiro atoms. The number of thiazole rings is 1. The fraction of sp³-hybridized carbons (Fsp3) is 0.167. The number of halogens is 5. The van der Waals surface area contributed by atoms with Crippen molar-refractivity contribution in [1.82, 2.24) is 4.57 Å². The molecule has 0 bridgehead atoms. The summed E-state index contributed by atoms with van der Waals surface area (Å²) in [5.74, 6) is -3.11. The van der Waals surface area contributed by atoms with Crippen LogP contribution in [0.3, 0.4) is 0 Å². The smallest absolute Gasteiger partial charge is 0.416 e. The van der Waals surface area contributed by atoms with E-state index in [1.807, 2.05) is 0 Å². The Morgan fingerprint density at radius 3 is 2.55 bits per heavy atom. The van der Waals surface area contributed by atoms with Crippen molar-refractivity contribution >= 4 is 45.0 Å². The van der Waals surface area contributed by atoms with Crippen molar-refractivity contribution in [3.63, 3.8) is 0 Å². The first kappa shape index (κ1) is 21.0. The number of rotatable bonds is 3. The molecule has 1 amide bonds. The first-order valence-electron chi connectivity index (χ1n) is 7.99. The summed E-state index contributed by atoms with van der Waals surface area (Å²) in [7, 11) is 0. The summed E-state index contributed by atoms with van der Waals surface area (Å²) in [5, 5.41) is 9.15. The number of amides is 1. The molecule has 0 aliphatic carbocycles. The van der Waals surface area contributed by atoms with Crippen molar-refractivity contribution in [2.75, 3.05) is 0 Å². The van der Waals surface area contributed by atoms with Crippen molar-refractivity contribution in [2.45, 2.75) is 19.1 Å². The van der Waals surface area contributed by atoms with Gasteiger partial charge >= 0.3 is 12.1 Å². The van der Waals surface area contributed by atoms with Crippen LogP contribution < -0.4 is 4.80 Å². The summed E-state index contributed by atoms with van der Waals surface area (Å²) in [6, 6.07) is 5.04. The number of aliphatic carboxylic acids is 1. The molecule has 5 nitrogen and oxygen atoms in total. The Morgan fingerprint density at radius 1 is 1.24 bits per heavy atom. The minimum atomic E-state index is -4.65. The Labute approximate surface area is 169 Å². The van der Waals surface area contributed by atoms with Gasteiger partial charge in [0, 0.05) is 5.56 Å². The first-order valence-corrected chi connectivity index (χ1v) is 9.18. The van der Waals surface area contributed by atoms with Gasteiger partial charge in [-0.25, -0.2) is 9.18 Å². The van der Waals surface area contributed by atoms with Crippen LogP contribution in [0.5, 0.6) is 0 Å². The predicted octanol–water partition coefficient (Wildman–Crippen LogP) is 4.90. The number of aromatic nitrogens is 1. The summed E-state index contributed by atoms with van der Waals surface area (Å²) in [6.45, 7) is 1.30. The average molecular weight is 447 g/mol. The molecule has 1 unspecified atom stereocenters. The largest absolute Gasteiger partial charge is 0.480 e. The highest BCUT2D eigenvalue weighted by molar-refractivity contribution is 7.16. The molecule has 1 aromatic heterocycles. The number of carboxylic acids is 1. The van der Waals surface area contributed by atoms with Crippen LogP contribution in [0.25, 0.3) is 10.2 Å². The lowest BCUT2D eigenvalue weighted by Crippen LogP contribution is -2.25. The Hall–Kier alpha value is -2.72. The molecule has 0 saturated heterocycles. The minimum absolute atomic E-state index is 0.0267. The third kappa shape index (κ3) is 4.03. The molecule has 1 heterocycles. The van der Waals surface area contributed by atoms with E-state index in [0.717, 1.165) is 22.8 Å². The van der Waals surface area contributed by atoms with Crippen LogP contribution in [0.2, 0.25) is 5.02 Å². The van der Waals surface area contributed by atoms with E-state index in [1.165, 1.54) is 19.1 Å². The van der Waals surface area contributed by atoms with Gasteiger partial charge in [0.15, 0.2) is 10.6 Å². The number of hydrogen-bond acceptors (Lipinski definition) is 3. The van der Waals surface area contributed by atoms with Gasteiger partial charge in [-0.05, 0) is 37.3 Å². The predicted molar refractivity (Wildman–Crippen MR) is 98.5 cm³/mol. The van der Waals surface area contributed by atoms with Crippen LogP contribution in [0, 0.1) is 5.82 Å². The standard InChI is InChI=1S/C18H11ClF4N2O3S/c1-8(16(27)28)25-12-6-5-11(19)13(20)14(12)29-17(25)24-15(26)9-3-2-4-10(7-9)18(21,22)23/h2-8H,1H3,(H,27,28)/b24-17-.